The van der Waals surface area contributed by atoms with Crippen LogP contribution >= 0.6 is 0 Å². The fourth-order valence-corrected chi connectivity index (χ4v) is 4.40. The van der Waals surface area contributed by atoms with Crippen LogP contribution in [0, 0.1) is 11.8 Å². The summed E-state index contributed by atoms with van der Waals surface area (Å²) in [6, 6.07) is 5.37. The van der Waals surface area contributed by atoms with Gasteiger partial charge in [-0.25, -0.2) is 0 Å². The standard InChI is InChI=1S/C18H26O3.C6H12/c1-4-6-10-21-12(3)16-13(5-2)11-14-8-7-9-15(19)17(14)18(16)20;1-2-4-6-5-3-1/h7-9,12-13,16,19H,4-6,10-11H2,1-3H3;1-6H2. The molecule has 0 bridgehead atoms. The van der Waals surface area contributed by atoms with Crippen molar-refractivity contribution in [1.82, 2.24) is 0 Å². The van der Waals surface area contributed by atoms with E-state index in [2.05, 4.69) is 13.8 Å². The van der Waals surface area contributed by atoms with E-state index < -0.39 is 0 Å². The molecule has 0 spiro atoms. The zero-order valence-electron chi connectivity index (χ0n) is 17.5. The molecule has 1 aromatic carbocycles. The number of unbranched alkanes of at least 4 members (excludes halogenated alkanes) is 1. The molecule has 3 atom stereocenters. The second-order valence-corrected chi connectivity index (χ2v) is 8.12. The number of carbonyl (C=O) groups is 1. The molecule has 3 heteroatoms. The van der Waals surface area contributed by atoms with Crippen LogP contribution in [-0.2, 0) is 11.2 Å². The van der Waals surface area contributed by atoms with Gasteiger partial charge in [-0.2, -0.15) is 0 Å². The van der Waals surface area contributed by atoms with Gasteiger partial charge in [0.2, 0.25) is 0 Å². The van der Waals surface area contributed by atoms with Gasteiger partial charge in [0.05, 0.1) is 17.6 Å². The van der Waals surface area contributed by atoms with E-state index in [4.69, 9.17) is 4.74 Å². The van der Waals surface area contributed by atoms with Crippen molar-refractivity contribution in [1.29, 1.82) is 0 Å². The van der Waals surface area contributed by atoms with Gasteiger partial charge in [-0.3, -0.25) is 4.79 Å². The Labute approximate surface area is 165 Å². The van der Waals surface area contributed by atoms with E-state index in [1.807, 2.05) is 19.1 Å². The van der Waals surface area contributed by atoms with Crippen LogP contribution in [0.1, 0.15) is 94.5 Å². The van der Waals surface area contributed by atoms with Crippen LogP contribution in [0.4, 0.5) is 0 Å². The summed E-state index contributed by atoms with van der Waals surface area (Å²) in [5.74, 6) is 0.305. The van der Waals surface area contributed by atoms with Gasteiger partial charge in [0.15, 0.2) is 5.78 Å². The van der Waals surface area contributed by atoms with Crippen molar-refractivity contribution >= 4 is 5.78 Å². The summed E-state index contributed by atoms with van der Waals surface area (Å²) in [5, 5.41) is 10.0. The van der Waals surface area contributed by atoms with Crippen molar-refractivity contribution in [2.45, 2.75) is 91.1 Å². The van der Waals surface area contributed by atoms with Gasteiger partial charge in [0.25, 0.3) is 0 Å². The molecule has 0 amide bonds. The van der Waals surface area contributed by atoms with Crippen molar-refractivity contribution in [3.8, 4) is 5.75 Å². The minimum absolute atomic E-state index is 0.0465. The summed E-state index contributed by atoms with van der Waals surface area (Å²) < 4.78 is 5.88. The predicted molar refractivity (Wildman–Crippen MR) is 111 cm³/mol. The lowest BCUT2D eigenvalue weighted by atomic mass is 9.71. The molecule has 3 unspecified atom stereocenters. The van der Waals surface area contributed by atoms with Crippen LogP contribution in [0.3, 0.4) is 0 Å². The summed E-state index contributed by atoms with van der Waals surface area (Å²) in [6.07, 6.45) is 12.8. The fourth-order valence-electron chi connectivity index (χ4n) is 4.40. The topological polar surface area (TPSA) is 46.5 Å². The average Bonchev–Trinajstić information content (AvgIpc) is 2.69. The molecule has 3 rings (SSSR count). The Morgan fingerprint density at radius 3 is 2.30 bits per heavy atom. The molecule has 2 aliphatic rings. The fraction of sp³-hybridized carbons (Fsp3) is 0.708. The van der Waals surface area contributed by atoms with Gasteiger partial charge in [0.1, 0.15) is 5.75 Å². The molecule has 152 valence electrons. The first kappa shape index (κ1) is 21.9. The zero-order valence-corrected chi connectivity index (χ0v) is 17.5. The molecule has 0 saturated heterocycles. The van der Waals surface area contributed by atoms with Crippen LogP contribution in [0.15, 0.2) is 18.2 Å². The first-order valence-corrected chi connectivity index (χ1v) is 11.1. The number of aromatic hydroxyl groups is 1. The maximum atomic E-state index is 12.8. The van der Waals surface area contributed by atoms with Gasteiger partial charge < -0.3 is 9.84 Å². The molecule has 2 aliphatic carbocycles. The minimum Gasteiger partial charge on any atom is -0.507 e. The van der Waals surface area contributed by atoms with Gasteiger partial charge in [-0.15, -0.1) is 0 Å². The summed E-state index contributed by atoms with van der Waals surface area (Å²) in [4.78, 5) is 12.8. The number of phenolic OH excluding ortho intramolecular Hbond substituents is 1. The van der Waals surface area contributed by atoms with Gasteiger partial charge in [-0.1, -0.05) is 77.3 Å². The Morgan fingerprint density at radius 2 is 1.74 bits per heavy atom. The van der Waals surface area contributed by atoms with Crippen molar-refractivity contribution in [3.05, 3.63) is 29.3 Å². The number of ketones is 1. The highest BCUT2D eigenvalue weighted by atomic mass is 16.5. The monoisotopic (exact) mass is 374 g/mol. The van der Waals surface area contributed by atoms with E-state index in [0.29, 0.717) is 18.1 Å². The summed E-state index contributed by atoms with van der Waals surface area (Å²) in [7, 11) is 0. The Morgan fingerprint density at radius 1 is 1.11 bits per heavy atom. The molecule has 3 nitrogen and oxygen atoms in total. The lowest BCUT2D eigenvalue weighted by Crippen LogP contribution is -2.39. The Kier molecular flexibility index (Phi) is 9.33. The molecule has 1 N–H and O–H groups in total. The van der Waals surface area contributed by atoms with Crippen LogP contribution in [0.2, 0.25) is 0 Å². The van der Waals surface area contributed by atoms with E-state index in [-0.39, 0.29) is 23.6 Å². The minimum atomic E-state index is -0.146. The van der Waals surface area contributed by atoms with Crippen molar-refractivity contribution in [2.75, 3.05) is 6.61 Å². The second kappa shape index (κ2) is 11.5. The van der Waals surface area contributed by atoms with E-state index in [1.54, 1.807) is 6.07 Å². The predicted octanol–water partition coefficient (Wildman–Crippen LogP) is 6.32. The smallest absolute Gasteiger partial charge is 0.172 e. The SMILES string of the molecule is C1CCCCC1.CCCCOC(C)C1C(=O)c2c(O)cccc2CC1CC. The molecule has 27 heavy (non-hydrogen) atoms. The number of rotatable bonds is 6. The van der Waals surface area contributed by atoms with Gasteiger partial charge >= 0.3 is 0 Å². The van der Waals surface area contributed by atoms with Crippen LogP contribution < -0.4 is 0 Å². The zero-order chi connectivity index (χ0) is 19.6. The normalized spacial score (nSPS) is 23.1. The maximum Gasteiger partial charge on any atom is 0.172 e. The van der Waals surface area contributed by atoms with E-state index in [1.165, 1.54) is 38.5 Å². The van der Waals surface area contributed by atoms with Crippen molar-refractivity contribution < 1.29 is 14.6 Å². The third-order valence-electron chi connectivity index (χ3n) is 6.08. The molecule has 1 aromatic rings. The molecule has 0 radical (unpaired) electrons. The molecular weight excluding hydrogens is 336 g/mol. The number of hydrogen-bond donors (Lipinski definition) is 1. The van der Waals surface area contributed by atoms with E-state index >= 15 is 0 Å². The van der Waals surface area contributed by atoms with Crippen LogP contribution in [-0.4, -0.2) is 23.6 Å². The van der Waals surface area contributed by atoms with Crippen LogP contribution in [0.25, 0.3) is 0 Å². The van der Waals surface area contributed by atoms with Crippen LogP contribution in [0.5, 0.6) is 5.75 Å². The van der Waals surface area contributed by atoms with Gasteiger partial charge in [0, 0.05) is 6.61 Å². The summed E-state index contributed by atoms with van der Waals surface area (Å²) >= 11 is 0. The van der Waals surface area contributed by atoms with Crippen molar-refractivity contribution in [3.63, 3.8) is 0 Å². The molecule has 1 fully saturated rings. The third-order valence-corrected chi connectivity index (χ3v) is 6.08. The second-order valence-electron chi connectivity index (χ2n) is 8.12. The molecule has 0 aliphatic heterocycles. The number of Topliss-reactive ketones (excluding diaryl/α,β-unsaturated/α-hetero) is 1. The lowest BCUT2D eigenvalue weighted by molar-refractivity contribution is 0.00480. The molecule has 1 saturated carbocycles. The average molecular weight is 375 g/mol. The number of ether oxygens (including phenoxy) is 1. The quantitative estimate of drug-likeness (QED) is 0.593. The molecular formula is C24H38O3. The highest BCUT2D eigenvalue weighted by Gasteiger charge is 2.39. The first-order valence-electron chi connectivity index (χ1n) is 11.1. The number of carbonyl (C=O) groups excluding carboxylic acids is 1. The van der Waals surface area contributed by atoms with E-state index in [9.17, 15) is 9.90 Å². The highest BCUT2D eigenvalue weighted by molar-refractivity contribution is 6.03. The van der Waals surface area contributed by atoms with Crippen molar-refractivity contribution in [2.24, 2.45) is 11.8 Å². The molecule has 0 aromatic heterocycles. The highest BCUT2D eigenvalue weighted by Crippen LogP contribution is 2.38. The Hall–Kier alpha value is -1.35. The largest absolute Gasteiger partial charge is 0.507 e. The van der Waals surface area contributed by atoms with Gasteiger partial charge in [-0.05, 0) is 37.3 Å². The Bertz CT molecular complexity index is 565. The first-order chi connectivity index (χ1) is 13.1. The molecule has 0 heterocycles. The summed E-state index contributed by atoms with van der Waals surface area (Å²) in [6.45, 7) is 6.94. The Balaban J connectivity index is 0.000000369. The number of benzene rings is 1. The van der Waals surface area contributed by atoms with E-state index in [0.717, 1.165) is 31.2 Å². The summed E-state index contributed by atoms with van der Waals surface area (Å²) in [5.41, 5.74) is 1.49. The third kappa shape index (κ3) is 6.07. The number of phenols is 1. The number of hydrogen-bond acceptors (Lipinski definition) is 3. The maximum absolute atomic E-state index is 12.8. The lowest BCUT2D eigenvalue weighted by Gasteiger charge is -2.35. The number of fused-ring (bicyclic) bond motifs is 1.